The first kappa shape index (κ1) is 7.33. The van der Waals surface area contributed by atoms with Crippen molar-refractivity contribution >= 4 is 15.9 Å². The van der Waals surface area contributed by atoms with Gasteiger partial charge in [-0.15, -0.1) is 0 Å². The molecule has 0 radical (unpaired) electrons. The molecule has 0 heterocycles. The highest BCUT2D eigenvalue weighted by Gasteiger charge is 2.06. The van der Waals surface area contributed by atoms with Crippen molar-refractivity contribution < 1.29 is 0 Å². The first-order valence-corrected chi connectivity index (χ1v) is 4.70. The summed E-state index contributed by atoms with van der Waals surface area (Å²) in [5, 5.41) is 1.10. The lowest BCUT2D eigenvalue weighted by Crippen LogP contribution is -1.97. The maximum atomic E-state index is 3.49. The van der Waals surface area contributed by atoms with Crippen LogP contribution in [0.4, 0.5) is 0 Å². The van der Waals surface area contributed by atoms with E-state index in [-0.39, 0.29) is 0 Å². The van der Waals surface area contributed by atoms with Crippen LogP contribution in [-0.4, -0.2) is 5.33 Å². The molecule has 0 amide bonds. The molecular weight excluding hydrogens is 176 g/mol. The van der Waals surface area contributed by atoms with E-state index in [1.165, 1.54) is 25.7 Å². The molecule has 1 aliphatic rings. The van der Waals surface area contributed by atoms with Crippen LogP contribution in [0.3, 0.4) is 0 Å². The van der Waals surface area contributed by atoms with Gasteiger partial charge in [0.15, 0.2) is 0 Å². The molecule has 0 aromatic rings. The number of alkyl halides is 1. The lowest BCUT2D eigenvalue weighted by molar-refractivity contribution is 0.675. The quantitative estimate of drug-likeness (QED) is 0.438. The second kappa shape index (κ2) is 3.40. The second-order valence-corrected chi connectivity index (χ2v) is 3.29. The van der Waals surface area contributed by atoms with Crippen LogP contribution >= 0.6 is 15.9 Å². The average Bonchev–Trinajstić information content (AvgIpc) is 1.89. The Morgan fingerprint density at radius 2 is 2.00 bits per heavy atom. The van der Waals surface area contributed by atoms with E-state index in [9.17, 15) is 0 Å². The molecule has 0 saturated carbocycles. The molecule has 9 heavy (non-hydrogen) atoms. The largest absolute Gasteiger partial charge is 0.0880 e. The zero-order chi connectivity index (χ0) is 6.69. The van der Waals surface area contributed by atoms with Crippen LogP contribution in [0.5, 0.6) is 0 Å². The van der Waals surface area contributed by atoms with E-state index >= 15 is 0 Å². The molecule has 0 unspecified atom stereocenters. The Morgan fingerprint density at radius 3 is 2.44 bits per heavy atom. The Bertz CT molecular complexity index is 125. The third kappa shape index (κ3) is 1.82. The van der Waals surface area contributed by atoms with Gasteiger partial charge in [-0.1, -0.05) is 27.1 Å². The molecule has 0 fully saturated rings. The van der Waals surface area contributed by atoms with Gasteiger partial charge in [-0.3, -0.25) is 0 Å². The van der Waals surface area contributed by atoms with Crippen LogP contribution in [0, 0.1) is 0 Å². The summed E-state index contributed by atoms with van der Waals surface area (Å²) >= 11 is 3.49. The van der Waals surface area contributed by atoms with Gasteiger partial charge in [0, 0.05) is 5.33 Å². The van der Waals surface area contributed by atoms with E-state index in [1.807, 2.05) is 0 Å². The SMILES string of the molecule is CC1=C(CBr)CCCC1. The standard InChI is InChI=1S/C8H13Br/c1-7-4-2-3-5-8(7)6-9/h2-6H2,1H3. The predicted molar refractivity (Wildman–Crippen MR) is 45.0 cm³/mol. The van der Waals surface area contributed by atoms with Crippen LogP contribution in [0.2, 0.25) is 0 Å². The van der Waals surface area contributed by atoms with Gasteiger partial charge in [0.25, 0.3) is 0 Å². The molecule has 1 heteroatoms. The molecule has 1 aliphatic carbocycles. The summed E-state index contributed by atoms with van der Waals surface area (Å²) in [4.78, 5) is 0. The van der Waals surface area contributed by atoms with Gasteiger partial charge in [-0.25, -0.2) is 0 Å². The van der Waals surface area contributed by atoms with Gasteiger partial charge in [0.1, 0.15) is 0 Å². The van der Waals surface area contributed by atoms with Gasteiger partial charge < -0.3 is 0 Å². The van der Waals surface area contributed by atoms with Crippen LogP contribution in [-0.2, 0) is 0 Å². The van der Waals surface area contributed by atoms with Crippen molar-refractivity contribution in [2.24, 2.45) is 0 Å². The van der Waals surface area contributed by atoms with Crippen LogP contribution in [0.15, 0.2) is 11.1 Å². The van der Waals surface area contributed by atoms with E-state index in [1.54, 1.807) is 11.1 Å². The molecular formula is C8H13Br. The topological polar surface area (TPSA) is 0 Å². The van der Waals surface area contributed by atoms with Crippen LogP contribution in [0.25, 0.3) is 0 Å². The van der Waals surface area contributed by atoms with Crippen molar-refractivity contribution in [2.75, 3.05) is 5.33 Å². The maximum Gasteiger partial charge on any atom is 0.0244 e. The summed E-state index contributed by atoms with van der Waals surface area (Å²) in [6, 6.07) is 0. The highest BCUT2D eigenvalue weighted by atomic mass is 79.9. The number of rotatable bonds is 1. The molecule has 52 valence electrons. The van der Waals surface area contributed by atoms with Crippen molar-refractivity contribution in [3.63, 3.8) is 0 Å². The Hall–Kier alpha value is 0.220. The Kier molecular flexibility index (Phi) is 2.77. The molecule has 0 aliphatic heterocycles. The normalized spacial score (nSPS) is 20.7. The fraction of sp³-hybridized carbons (Fsp3) is 0.750. The maximum absolute atomic E-state index is 3.49. The fourth-order valence-corrected chi connectivity index (χ4v) is 2.06. The Morgan fingerprint density at radius 1 is 1.33 bits per heavy atom. The first-order valence-electron chi connectivity index (χ1n) is 3.58. The lowest BCUT2D eigenvalue weighted by Gasteiger charge is -2.14. The second-order valence-electron chi connectivity index (χ2n) is 2.72. The van der Waals surface area contributed by atoms with Crippen molar-refractivity contribution in [1.29, 1.82) is 0 Å². The summed E-state index contributed by atoms with van der Waals surface area (Å²) in [6.07, 6.45) is 5.47. The molecule has 1 rings (SSSR count). The van der Waals surface area contributed by atoms with Crippen molar-refractivity contribution in [3.05, 3.63) is 11.1 Å². The Balaban J connectivity index is 2.59. The minimum absolute atomic E-state index is 1.10. The first-order chi connectivity index (χ1) is 4.34. The van der Waals surface area contributed by atoms with E-state index in [2.05, 4.69) is 22.9 Å². The van der Waals surface area contributed by atoms with E-state index < -0.39 is 0 Å². The summed E-state index contributed by atoms with van der Waals surface area (Å²) in [5.41, 5.74) is 3.26. The molecule has 0 bridgehead atoms. The summed E-state index contributed by atoms with van der Waals surface area (Å²) < 4.78 is 0. The fourth-order valence-electron chi connectivity index (χ4n) is 1.30. The predicted octanol–water partition coefficient (Wildman–Crippen LogP) is 3.27. The molecule has 0 saturated heterocycles. The van der Waals surface area contributed by atoms with E-state index in [0.717, 1.165) is 5.33 Å². The van der Waals surface area contributed by atoms with Crippen molar-refractivity contribution in [1.82, 2.24) is 0 Å². The zero-order valence-corrected chi connectivity index (χ0v) is 7.50. The smallest absolute Gasteiger partial charge is 0.0244 e. The number of allylic oxidation sites excluding steroid dienone is 2. The Labute approximate surface area is 65.5 Å². The zero-order valence-electron chi connectivity index (χ0n) is 5.91. The minimum Gasteiger partial charge on any atom is -0.0880 e. The van der Waals surface area contributed by atoms with Crippen molar-refractivity contribution in [2.45, 2.75) is 32.6 Å². The molecule has 0 aromatic carbocycles. The third-order valence-electron chi connectivity index (χ3n) is 2.05. The monoisotopic (exact) mass is 188 g/mol. The number of hydrogen-bond acceptors (Lipinski definition) is 0. The van der Waals surface area contributed by atoms with Gasteiger partial charge in [0.2, 0.25) is 0 Å². The summed E-state index contributed by atoms with van der Waals surface area (Å²) in [6.45, 7) is 2.26. The lowest BCUT2D eigenvalue weighted by atomic mass is 9.94. The van der Waals surface area contributed by atoms with Gasteiger partial charge in [-0.2, -0.15) is 0 Å². The molecule has 0 N–H and O–H groups in total. The van der Waals surface area contributed by atoms with Crippen molar-refractivity contribution in [3.8, 4) is 0 Å². The highest BCUT2D eigenvalue weighted by molar-refractivity contribution is 9.09. The van der Waals surface area contributed by atoms with E-state index in [4.69, 9.17) is 0 Å². The average molecular weight is 189 g/mol. The van der Waals surface area contributed by atoms with Crippen LogP contribution < -0.4 is 0 Å². The van der Waals surface area contributed by atoms with Gasteiger partial charge in [0.05, 0.1) is 0 Å². The molecule has 0 atom stereocenters. The van der Waals surface area contributed by atoms with Gasteiger partial charge >= 0.3 is 0 Å². The van der Waals surface area contributed by atoms with Crippen LogP contribution in [0.1, 0.15) is 32.6 Å². The van der Waals surface area contributed by atoms with Gasteiger partial charge in [-0.05, 0) is 32.6 Å². The summed E-state index contributed by atoms with van der Waals surface area (Å²) in [5.74, 6) is 0. The molecule has 0 nitrogen and oxygen atoms in total. The third-order valence-corrected chi connectivity index (χ3v) is 2.72. The molecule has 0 spiro atoms. The number of hydrogen-bond donors (Lipinski definition) is 0. The number of halogens is 1. The highest BCUT2D eigenvalue weighted by Crippen LogP contribution is 2.24. The summed E-state index contributed by atoms with van der Waals surface area (Å²) in [7, 11) is 0. The molecule has 0 aromatic heterocycles. The van der Waals surface area contributed by atoms with E-state index in [0.29, 0.717) is 0 Å². The minimum atomic E-state index is 1.10.